The molecular weight excluding hydrogens is 340 g/mol. The van der Waals surface area contributed by atoms with Crippen LogP contribution in [0.3, 0.4) is 0 Å². The van der Waals surface area contributed by atoms with E-state index in [1.165, 1.54) is 0 Å². The van der Waals surface area contributed by atoms with Crippen LogP contribution in [0.2, 0.25) is 0 Å². The first kappa shape index (κ1) is 19.0. The summed E-state index contributed by atoms with van der Waals surface area (Å²) in [5, 5.41) is 3.06. The van der Waals surface area contributed by atoms with Gasteiger partial charge in [0.25, 0.3) is 5.91 Å². The fourth-order valence-electron chi connectivity index (χ4n) is 3.32. The Balaban J connectivity index is 1.45. The van der Waals surface area contributed by atoms with Gasteiger partial charge in [-0.3, -0.25) is 9.59 Å². The quantitative estimate of drug-likeness (QED) is 0.823. The highest BCUT2D eigenvalue weighted by Crippen LogP contribution is 2.18. The van der Waals surface area contributed by atoms with Gasteiger partial charge in [0.2, 0.25) is 5.91 Å². The number of carbonyl (C=O) groups excluding carboxylic acids is 2. The number of nitrogens with zero attached hydrogens (tertiary/aromatic N) is 1. The minimum atomic E-state index is -0.0175. The van der Waals surface area contributed by atoms with Gasteiger partial charge in [0.05, 0.1) is 6.26 Å². The summed E-state index contributed by atoms with van der Waals surface area (Å²) in [6.07, 6.45) is 6.63. The Kier molecular flexibility index (Phi) is 6.12. The molecule has 1 aliphatic rings. The second-order valence-corrected chi connectivity index (χ2v) is 7.15. The highest BCUT2D eigenvalue weighted by molar-refractivity contribution is 5.95. The van der Waals surface area contributed by atoms with Crippen LogP contribution < -0.4 is 5.32 Å². The number of furan rings is 1. The van der Waals surface area contributed by atoms with Gasteiger partial charge in [-0.15, -0.1) is 0 Å². The van der Waals surface area contributed by atoms with Crippen LogP contribution in [0.1, 0.15) is 40.1 Å². The predicted molar refractivity (Wildman–Crippen MR) is 105 cm³/mol. The summed E-state index contributed by atoms with van der Waals surface area (Å²) in [4.78, 5) is 26.5. The average molecular weight is 366 g/mol. The molecule has 3 rings (SSSR count). The van der Waals surface area contributed by atoms with Crippen molar-refractivity contribution >= 4 is 17.9 Å². The third kappa shape index (κ3) is 5.09. The molecule has 27 heavy (non-hydrogen) atoms. The van der Waals surface area contributed by atoms with E-state index in [0.29, 0.717) is 31.3 Å². The zero-order valence-electron chi connectivity index (χ0n) is 15.9. The van der Waals surface area contributed by atoms with Crippen LogP contribution in [-0.2, 0) is 4.79 Å². The molecular formula is C22H26N2O3. The lowest BCUT2D eigenvalue weighted by molar-refractivity contribution is -0.127. The van der Waals surface area contributed by atoms with E-state index in [1.54, 1.807) is 24.5 Å². The molecule has 1 saturated heterocycles. The lowest BCUT2D eigenvalue weighted by atomic mass is 9.96. The molecule has 2 heterocycles. The summed E-state index contributed by atoms with van der Waals surface area (Å²) in [5.74, 6) is 1.06. The smallest absolute Gasteiger partial charge is 0.251 e. The van der Waals surface area contributed by atoms with E-state index < -0.39 is 0 Å². The number of nitrogens with one attached hydrogen (secondary N) is 1. The summed E-state index contributed by atoms with van der Waals surface area (Å²) >= 11 is 0. The van der Waals surface area contributed by atoms with Crippen LogP contribution in [0.4, 0.5) is 0 Å². The molecule has 0 saturated carbocycles. The molecule has 5 nitrogen and oxygen atoms in total. The van der Waals surface area contributed by atoms with Crippen molar-refractivity contribution in [2.24, 2.45) is 5.92 Å². The van der Waals surface area contributed by atoms with Crippen molar-refractivity contribution in [1.82, 2.24) is 10.2 Å². The van der Waals surface area contributed by atoms with E-state index in [0.717, 1.165) is 29.5 Å². The van der Waals surface area contributed by atoms with E-state index in [2.05, 4.69) is 5.32 Å². The van der Waals surface area contributed by atoms with Gasteiger partial charge >= 0.3 is 0 Å². The van der Waals surface area contributed by atoms with Gasteiger partial charge in [0.15, 0.2) is 0 Å². The SMILES string of the molecule is Cc1ccc(C)c(C(=O)NCC2CCN(C(=O)/C=C/c3ccco3)CC2)c1. The Bertz CT molecular complexity index is 816. The van der Waals surface area contributed by atoms with Gasteiger partial charge in [-0.1, -0.05) is 17.7 Å². The molecule has 2 amide bonds. The molecule has 1 aromatic carbocycles. The van der Waals surface area contributed by atoms with Crippen molar-refractivity contribution in [3.8, 4) is 0 Å². The highest BCUT2D eigenvalue weighted by Gasteiger charge is 2.22. The molecule has 1 aliphatic heterocycles. The third-order valence-corrected chi connectivity index (χ3v) is 5.05. The maximum Gasteiger partial charge on any atom is 0.251 e. The number of hydrogen-bond donors (Lipinski definition) is 1. The van der Waals surface area contributed by atoms with Gasteiger partial charge in [-0.05, 0) is 62.4 Å². The summed E-state index contributed by atoms with van der Waals surface area (Å²) in [6, 6.07) is 9.53. The predicted octanol–water partition coefficient (Wildman–Crippen LogP) is 3.58. The highest BCUT2D eigenvalue weighted by atomic mass is 16.3. The maximum absolute atomic E-state index is 12.4. The lowest BCUT2D eigenvalue weighted by Gasteiger charge is -2.31. The maximum atomic E-state index is 12.4. The van der Waals surface area contributed by atoms with Crippen LogP contribution in [-0.4, -0.2) is 36.3 Å². The number of aryl methyl sites for hydroxylation is 2. The number of amides is 2. The zero-order chi connectivity index (χ0) is 19.2. The van der Waals surface area contributed by atoms with Gasteiger partial charge in [-0.25, -0.2) is 0 Å². The van der Waals surface area contributed by atoms with Crippen molar-refractivity contribution in [3.05, 3.63) is 65.1 Å². The average Bonchev–Trinajstić information content (AvgIpc) is 3.20. The number of rotatable bonds is 5. The summed E-state index contributed by atoms with van der Waals surface area (Å²) in [7, 11) is 0. The topological polar surface area (TPSA) is 62.6 Å². The van der Waals surface area contributed by atoms with Crippen LogP contribution >= 0.6 is 0 Å². The molecule has 142 valence electrons. The van der Waals surface area contributed by atoms with Crippen LogP contribution in [0.15, 0.2) is 47.1 Å². The summed E-state index contributed by atoms with van der Waals surface area (Å²) < 4.78 is 5.20. The Hall–Kier alpha value is -2.82. The lowest BCUT2D eigenvalue weighted by Crippen LogP contribution is -2.41. The van der Waals surface area contributed by atoms with Crippen molar-refractivity contribution in [2.45, 2.75) is 26.7 Å². The minimum Gasteiger partial charge on any atom is -0.465 e. The minimum absolute atomic E-state index is 0.00395. The third-order valence-electron chi connectivity index (χ3n) is 5.05. The van der Waals surface area contributed by atoms with Gasteiger partial charge in [-0.2, -0.15) is 0 Å². The van der Waals surface area contributed by atoms with Gasteiger partial charge in [0.1, 0.15) is 5.76 Å². The molecule has 0 bridgehead atoms. The first-order valence-electron chi connectivity index (χ1n) is 9.39. The largest absolute Gasteiger partial charge is 0.465 e. The molecule has 1 fully saturated rings. The number of carbonyl (C=O) groups is 2. The van der Waals surface area contributed by atoms with Gasteiger partial charge in [0, 0.05) is 31.3 Å². The fraction of sp³-hybridized carbons (Fsp3) is 0.364. The molecule has 0 unspecified atom stereocenters. The zero-order valence-corrected chi connectivity index (χ0v) is 15.9. The number of hydrogen-bond acceptors (Lipinski definition) is 3. The fourth-order valence-corrected chi connectivity index (χ4v) is 3.32. The Labute approximate surface area is 160 Å². The second kappa shape index (κ2) is 8.71. The van der Waals surface area contributed by atoms with Crippen molar-refractivity contribution in [3.63, 3.8) is 0 Å². The van der Waals surface area contributed by atoms with Gasteiger partial charge < -0.3 is 14.6 Å². The molecule has 2 aromatic rings. The second-order valence-electron chi connectivity index (χ2n) is 7.15. The molecule has 0 spiro atoms. The summed E-state index contributed by atoms with van der Waals surface area (Å²) in [5.41, 5.74) is 2.81. The molecule has 1 N–H and O–H groups in total. The molecule has 0 atom stereocenters. The molecule has 0 aliphatic carbocycles. The van der Waals surface area contributed by atoms with Crippen LogP contribution in [0.25, 0.3) is 6.08 Å². The van der Waals surface area contributed by atoms with Crippen molar-refractivity contribution < 1.29 is 14.0 Å². The monoisotopic (exact) mass is 366 g/mol. The molecule has 5 heteroatoms. The van der Waals surface area contributed by atoms with E-state index in [-0.39, 0.29) is 11.8 Å². The molecule has 1 aromatic heterocycles. The molecule has 0 radical (unpaired) electrons. The number of benzene rings is 1. The van der Waals surface area contributed by atoms with E-state index in [9.17, 15) is 9.59 Å². The number of likely N-dealkylation sites (tertiary alicyclic amines) is 1. The van der Waals surface area contributed by atoms with Crippen LogP contribution in [0.5, 0.6) is 0 Å². The first-order chi connectivity index (χ1) is 13.0. The Morgan fingerprint density at radius 3 is 2.70 bits per heavy atom. The van der Waals surface area contributed by atoms with E-state index >= 15 is 0 Å². The van der Waals surface area contributed by atoms with Crippen molar-refractivity contribution in [1.29, 1.82) is 0 Å². The Morgan fingerprint density at radius 1 is 1.22 bits per heavy atom. The van der Waals surface area contributed by atoms with Crippen molar-refractivity contribution in [2.75, 3.05) is 19.6 Å². The Morgan fingerprint density at radius 2 is 2.00 bits per heavy atom. The summed E-state index contributed by atoms with van der Waals surface area (Å²) in [6.45, 7) is 6.02. The number of piperidine rings is 1. The first-order valence-corrected chi connectivity index (χ1v) is 9.39. The van der Waals surface area contributed by atoms with E-state index in [1.807, 2.05) is 43.0 Å². The van der Waals surface area contributed by atoms with Crippen LogP contribution in [0, 0.1) is 19.8 Å². The normalized spacial score (nSPS) is 15.3. The van der Waals surface area contributed by atoms with E-state index in [4.69, 9.17) is 4.42 Å². The standard InChI is InChI=1S/C22H26N2O3/c1-16-5-6-17(2)20(14-16)22(26)23-15-18-9-11-24(12-10-18)21(25)8-7-19-4-3-13-27-19/h3-8,13-14,18H,9-12,15H2,1-2H3,(H,23,26)/b8-7+.